The van der Waals surface area contributed by atoms with Gasteiger partial charge in [0.2, 0.25) is 0 Å². The smallest absolute Gasteiger partial charge is 0.270 e. The first-order chi connectivity index (χ1) is 13.7. The minimum absolute atomic E-state index is 0.00337. The van der Waals surface area contributed by atoms with E-state index in [9.17, 15) is 4.79 Å². The van der Waals surface area contributed by atoms with E-state index in [0.29, 0.717) is 17.8 Å². The van der Waals surface area contributed by atoms with Crippen LogP contribution in [0, 0.1) is 0 Å². The molecule has 0 bridgehead atoms. The molecule has 28 heavy (non-hydrogen) atoms. The van der Waals surface area contributed by atoms with Crippen molar-refractivity contribution in [2.45, 2.75) is 19.4 Å². The largest absolute Gasteiger partial charge is 0.462 e. The van der Waals surface area contributed by atoms with Crippen LogP contribution in [0.25, 0.3) is 22.2 Å². The number of amides is 1. The minimum Gasteiger partial charge on any atom is -0.462 e. The summed E-state index contributed by atoms with van der Waals surface area (Å²) in [5, 5.41) is 0. The van der Waals surface area contributed by atoms with Gasteiger partial charge in [0, 0.05) is 47.1 Å². The van der Waals surface area contributed by atoms with Crippen molar-refractivity contribution in [2.75, 3.05) is 6.54 Å². The summed E-state index contributed by atoms with van der Waals surface area (Å²) in [5.74, 6) is -0.00337. The number of aryl methyl sites for hydroxylation is 1. The third-order valence-corrected chi connectivity index (χ3v) is 5.74. The fourth-order valence-corrected chi connectivity index (χ4v) is 4.24. The van der Waals surface area contributed by atoms with Gasteiger partial charge in [0.15, 0.2) is 5.58 Å². The van der Waals surface area contributed by atoms with Crippen LogP contribution in [0.1, 0.15) is 28.0 Å². The predicted molar refractivity (Wildman–Crippen MR) is 111 cm³/mol. The van der Waals surface area contributed by atoms with Gasteiger partial charge in [-0.25, -0.2) is 0 Å². The van der Waals surface area contributed by atoms with Crippen molar-refractivity contribution in [3.63, 3.8) is 0 Å². The lowest BCUT2D eigenvalue weighted by Crippen LogP contribution is -2.30. The summed E-state index contributed by atoms with van der Waals surface area (Å²) in [4.78, 5) is 22.5. The van der Waals surface area contributed by atoms with Gasteiger partial charge in [-0.2, -0.15) is 0 Å². The molecule has 0 radical (unpaired) electrons. The SMILES string of the molecule is O=C(c1cc2occ(-c3cccnc3)c2[nH]1)N1CCCc2ccc(Br)cc2C1. The van der Waals surface area contributed by atoms with Crippen LogP contribution >= 0.6 is 15.9 Å². The molecule has 1 amide bonds. The highest BCUT2D eigenvalue weighted by Gasteiger charge is 2.23. The summed E-state index contributed by atoms with van der Waals surface area (Å²) in [6.45, 7) is 1.35. The summed E-state index contributed by atoms with van der Waals surface area (Å²) in [7, 11) is 0. The molecule has 0 saturated carbocycles. The van der Waals surface area contributed by atoms with Crippen molar-refractivity contribution in [1.29, 1.82) is 0 Å². The third-order valence-electron chi connectivity index (χ3n) is 5.25. The predicted octanol–water partition coefficient (Wildman–Crippen LogP) is 5.17. The molecule has 4 heterocycles. The summed E-state index contributed by atoms with van der Waals surface area (Å²) >= 11 is 3.54. The number of hydrogen-bond acceptors (Lipinski definition) is 3. The molecule has 140 valence electrons. The van der Waals surface area contributed by atoms with Crippen LogP contribution in [-0.4, -0.2) is 27.3 Å². The van der Waals surface area contributed by atoms with E-state index in [1.807, 2.05) is 17.0 Å². The summed E-state index contributed by atoms with van der Waals surface area (Å²) < 4.78 is 6.72. The number of aromatic nitrogens is 2. The standard InChI is InChI=1S/C22H18BrN3O2/c23-17-6-5-14-4-2-8-26(12-16(14)9-17)22(27)19-10-20-21(25-19)18(13-28-20)15-3-1-7-24-11-15/h1,3,5-7,9-11,13,25H,2,4,8,12H2. The van der Waals surface area contributed by atoms with Gasteiger partial charge in [0.1, 0.15) is 12.0 Å². The zero-order valence-electron chi connectivity index (χ0n) is 15.1. The number of furan rings is 1. The number of carbonyl (C=O) groups is 1. The lowest BCUT2D eigenvalue weighted by Gasteiger charge is -2.20. The number of benzene rings is 1. The van der Waals surface area contributed by atoms with Crippen LogP contribution in [0.15, 0.2) is 63.9 Å². The van der Waals surface area contributed by atoms with Gasteiger partial charge in [-0.05, 0) is 42.2 Å². The molecule has 0 atom stereocenters. The Morgan fingerprint density at radius 2 is 2.14 bits per heavy atom. The zero-order valence-corrected chi connectivity index (χ0v) is 16.7. The van der Waals surface area contributed by atoms with E-state index < -0.39 is 0 Å². The number of nitrogens with zero attached hydrogens (tertiary/aromatic N) is 2. The van der Waals surface area contributed by atoms with Crippen LogP contribution in [0.2, 0.25) is 0 Å². The average molecular weight is 436 g/mol. The Kier molecular flexibility index (Phi) is 4.28. The number of fused-ring (bicyclic) bond motifs is 2. The zero-order chi connectivity index (χ0) is 19.1. The van der Waals surface area contributed by atoms with Crippen LogP contribution in [0.3, 0.4) is 0 Å². The van der Waals surface area contributed by atoms with Gasteiger partial charge in [0.05, 0.1) is 5.52 Å². The molecule has 1 N–H and O–H groups in total. The summed E-state index contributed by atoms with van der Waals surface area (Å²) in [6, 6.07) is 12.0. The molecule has 0 spiro atoms. The molecule has 3 aromatic heterocycles. The topological polar surface area (TPSA) is 62.1 Å². The Hall–Kier alpha value is -2.86. The van der Waals surface area contributed by atoms with Gasteiger partial charge in [-0.3, -0.25) is 9.78 Å². The molecule has 4 aromatic rings. The second-order valence-electron chi connectivity index (χ2n) is 7.06. The number of rotatable bonds is 2. The fourth-order valence-electron chi connectivity index (χ4n) is 3.83. The van der Waals surface area contributed by atoms with Crippen LogP contribution in [0.5, 0.6) is 0 Å². The van der Waals surface area contributed by atoms with Gasteiger partial charge in [0.25, 0.3) is 5.91 Å². The number of H-pyrrole nitrogens is 1. The van der Waals surface area contributed by atoms with E-state index >= 15 is 0 Å². The minimum atomic E-state index is -0.00337. The van der Waals surface area contributed by atoms with Gasteiger partial charge in [-0.1, -0.05) is 28.1 Å². The maximum Gasteiger partial charge on any atom is 0.270 e. The van der Waals surface area contributed by atoms with Crippen LogP contribution in [0.4, 0.5) is 0 Å². The van der Waals surface area contributed by atoms with Crippen molar-refractivity contribution in [2.24, 2.45) is 0 Å². The molecule has 1 aliphatic heterocycles. The summed E-state index contributed by atoms with van der Waals surface area (Å²) in [5.41, 5.74) is 6.44. The normalized spacial score (nSPS) is 14.1. The maximum absolute atomic E-state index is 13.2. The molecule has 5 nitrogen and oxygen atoms in total. The number of halogens is 1. The van der Waals surface area contributed by atoms with E-state index in [4.69, 9.17) is 4.42 Å². The fraction of sp³-hybridized carbons (Fsp3) is 0.182. The molecule has 0 unspecified atom stereocenters. The molecular formula is C22H18BrN3O2. The first kappa shape index (κ1) is 17.3. The van der Waals surface area contributed by atoms with Crippen LogP contribution < -0.4 is 0 Å². The van der Waals surface area contributed by atoms with Gasteiger partial charge in [-0.15, -0.1) is 0 Å². The highest BCUT2D eigenvalue weighted by atomic mass is 79.9. The van der Waals surface area contributed by atoms with E-state index in [2.05, 4.69) is 44.1 Å². The number of pyridine rings is 1. The summed E-state index contributed by atoms with van der Waals surface area (Å²) in [6.07, 6.45) is 7.17. The van der Waals surface area contributed by atoms with E-state index in [1.54, 1.807) is 24.7 Å². The molecule has 0 fully saturated rings. The van der Waals surface area contributed by atoms with E-state index in [-0.39, 0.29) is 5.91 Å². The number of carbonyl (C=O) groups excluding carboxylic acids is 1. The second-order valence-corrected chi connectivity index (χ2v) is 7.97. The van der Waals surface area contributed by atoms with Crippen molar-refractivity contribution in [1.82, 2.24) is 14.9 Å². The van der Waals surface area contributed by atoms with Gasteiger partial charge >= 0.3 is 0 Å². The first-order valence-electron chi connectivity index (χ1n) is 9.26. The molecular weight excluding hydrogens is 418 g/mol. The van der Waals surface area contributed by atoms with Gasteiger partial charge < -0.3 is 14.3 Å². The first-order valence-corrected chi connectivity index (χ1v) is 10.1. The van der Waals surface area contributed by atoms with E-state index in [0.717, 1.165) is 40.5 Å². The third kappa shape index (κ3) is 3.03. The number of nitrogens with one attached hydrogen (secondary N) is 1. The Bertz CT molecular complexity index is 1160. The molecule has 5 rings (SSSR count). The van der Waals surface area contributed by atoms with Crippen molar-refractivity contribution in [3.05, 3.63) is 76.3 Å². The van der Waals surface area contributed by atoms with Crippen molar-refractivity contribution in [3.8, 4) is 11.1 Å². The molecule has 1 aromatic carbocycles. The Morgan fingerprint density at radius 1 is 1.21 bits per heavy atom. The molecule has 6 heteroatoms. The molecule has 1 aliphatic rings. The Balaban J connectivity index is 1.47. The Labute approximate surface area is 170 Å². The quantitative estimate of drug-likeness (QED) is 0.472. The highest BCUT2D eigenvalue weighted by molar-refractivity contribution is 9.10. The average Bonchev–Trinajstić information content (AvgIpc) is 3.23. The second kappa shape index (κ2) is 6.95. The number of hydrogen-bond donors (Lipinski definition) is 1. The van der Waals surface area contributed by atoms with Crippen molar-refractivity contribution >= 4 is 32.9 Å². The lowest BCUT2D eigenvalue weighted by atomic mass is 10.0. The highest BCUT2D eigenvalue weighted by Crippen LogP contribution is 2.31. The van der Waals surface area contributed by atoms with E-state index in [1.165, 1.54) is 11.1 Å². The van der Waals surface area contributed by atoms with Crippen molar-refractivity contribution < 1.29 is 9.21 Å². The maximum atomic E-state index is 13.2. The van der Waals surface area contributed by atoms with Crippen LogP contribution in [-0.2, 0) is 13.0 Å². The Morgan fingerprint density at radius 3 is 3.00 bits per heavy atom. The number of aromatic amines is 1. The lowest BCUT2D eigenvalue weighted by molar-refractivity contribution is 0.0741. The molecule has 0 saturated heterocycles. The molecule has 0 aliphatic carbocycles. The monoisotopic (exact) mass is 435 g/mol.